The van der Waals surface area contributed by atoms with Crippen molar-refractivity contribution in [1.82, 2.24) is 0 Å². The fraction of sp³-hybridized carbons (Fsp3) is 0.600. The van der Waals surface area contributed by atoms with Crippen LogP contribution in [0.3, 0.4) is 0 Å². The number of hydrogen-bond donors (Lipinski definition) is 2. The summed E-state index contributed by atoms with van der Waals surface area (Å²) in [4.78, 5) is 22.4. The van der Waals surface area contributed by atoms with Gasteiger partial charge < -0.3 is 14.9 Å². The third kappa shape index (κ3) is 2.31. The van der Waals surface area contributed by atoms with E-state index in [0.717, 1.165) is 6.08 Å². The zero-order valence-electron chi connectivity index (χ0n) is 12.0. The third-order valence-corrected chi connectivity index (χ3v) is 4.28. The molecule has 0 radical (unpaired) electrons. The van der Waals surface area contributed by atoms with Crippen LogP contribution in [0.1, 0.15) is 33.6 Å². The van der Waals surface area contributed by atoms with Crippen LogP contribution in [0.5, 0.6) is 0 Å². The minimum atomic E-state index is -1.28. The predicted octanol–water partition coefficient (Wildman–Crippen LogP) is 1.46. The summed E-state index contributed by atoms with van der Waals surface area (Å²) in [5, 5.41) is 19.7. The molecule has 1 saturated carbocycles. The first-order valence-electron chi connectivity index (χ1n) is 6.60. The van der Waals surface area contributed by atoms with Gasteiger partial charge in [0.05, 0.1) is 6.61 Å². The standard InChI is InChI=1S/C15H20O5/c1-10(6-12(17)18)4-5-15(19)13(2,3)7-11(16)8-14(15)9-20-14/h4-6,19H,7-9H2,1-3H3,(H,17,18)/b5-4+,10-6-/t14-,15-/m1/s1. The van der Waals surface area contributed by atoms with Crippen LogP contribution >= 0.6 is 0 Å². The Morgan fingerprint density at radius 2 is 1.95 bits per heavy atom. The molecular weight excluding hydrogens is 260 g/mol. The maximum absolute atomic E-state index is 11.8. The van der Waals surface area contributed by atoms with Gasteiger partial charge in [-0.15, -0.1) is 0 Å². The Labute approximate surface area is 117 Å². The van der Waals surface area contributed by atoms with E-state index in [1.807, 2.05) is 13.8 Å². The fourth-order valence-electron chi connectivity index (χ4n) is 3.04. The van der Waals surface area contributed by atoms with Crippen molar-refractivity contribution < 1.29 is 24.5 Å². The molecule has 1 aliphatic heterocycles. The van der Waals surface area contributed by atoms with Gasteiger partial charge in [-0.05, 0) is 18.6 Å². The number of carbonyl (C=O) groups is 2. The van der Waals surface area contributed by atoms with Crippen LogP contribution in [-0.2, 0) is 14.3 Å². The first kappa shape index (κ1) is 14.9. The van der Waals surface area contributed by atoms with Crippen molar-refractivity contribution in [3.05, 3.63) is 23.8 Å². The molecule has 2 N–H and O–H groups in total. The highest BCUT2D eigenvalue weighted by molar-refractivity contribution is 5.83. The predicted molar refractivity (Wildman–Crippen MR) is 72.2 cm³/mol. The molecular formula is C15H20O5. The van der Waals surface area contributed by atoms with Crippen molar-refractivity contribution in [2.45, 2.75) is 44.8 Å². The second kappa shape index (κ2) is 4.53. The Morgan fingerprint density at radius 1 is 1.35 bits per heavy atom. The molecule has 2 aliphatic rings. The number of carbonyl (C=O) groups excluding carboxylic acids is 1. The summed E-state index contributed by atoms with van der Waals surface area (Å²) in [6, 6.07) is 0. The molecule has 1 aliphatic carbocycles. The van der Waals surface area contributed by atoms with Crippen molar-refractivity contribution >= 4 is 11.8 Å². The van der Waals surface area contributed by atoms with E-state index in [0.29, 0.717) is 12.2 Å². The van der Waals surface area contributed by atoms with E-state index >= 15 is 0 Å². The Balaban J connectivity index is 2.33. The zero-order chi connectivity index (χ0) is 15.2. The average Bonchev–Trinajstić information content (AvgIpc) is 3.03. The van der Waals surface area contributed by atoms with Gasteiger partial charge in [0.2, 0.25) is 0 Å². The molecule has 0 aromatic carbocycles. The van der Waals surface area contributed by atoms with E-state index in [9.17, 15) is 14.7 Å². The van der Waals surface area contributed by atoms with Gasteiger partial charge in [0.1, 0.15) is 17.0 Å². The Hall–Kier alpha value is -1.46. The lowest BCUT2D eigenvalue weighted by Crippen LogP contribution is -2.59. The van der Waals surface area contributed by atoms with Gasteiger partial charge in [-0.25, -0.2) is 4.79 Å². The lowest BCUT2D eigenvalue weighted by Gasteiger charge is -2.48. The highest BCUT2D eigenvalue weighted by Gasteiger charge is 2.69. The first-order chi connectivity index (χ1) is 9.12. The lowest BCUT2D eigenvalue weighted by atomic mass is 9.59. The molecule has 1 saturated heterocycles. The molecule has 20 heavy (non-hydrogen) atoms. The normalized spacial score (nSPS) is 36.6. The van der Waals surface area contributed by atoms with Crippen LogP contribution in [0.2, 0.25) is 0 Å². The summed E-state index contributed by atoms with van der Waals surface area (Å²) in [6.45, 7) is 5.65. The minimum absolute atomic E-state index is 0.0865. The zero-order valence-corrected chi connectivity index (χ0v) is 12.0. The Kier molecular flexibility index (Phi) is 3.38. The van der Waals surface area contributed by atoms with E-state index in [2.05, 4.69) is 0 Å². The van der Waals surface area contributed by atoms with Gasteiger partial charge in [0, 0.05) is 24.3 Å². The van der Waals surface area contributed by atoms with E-state index in [4.69, 9.17) is 9.84 Å². The Morgan fingerprint density at radius 3 is 2.45 bits per heavy atom. The number of aliphatic hydroxyl groups is 1. The van der Waals surface area contributed by atoms with Crippen molar-refractivity contribution in [1.29, 1.82) is 0 Å². The van der Waals surface area contributed by atoms with Crippen LogP contribution in [0, 0.1) is 5.41 Å². The number of hydrogen-bond acceptors (Lipinski definition) is 4. The quantitative estimate of drug-likeness (QED) is 0.464. The highest BCUT2D eigenvalue weighted by Crippen LogP contribution is 2.56. The van der Waals surface area contributed by atoms with Crippen LogP contribution in [0.4, 0.5) is 0 Å². The second-order valence-corrected chi connectivity index (χ2v) is 6.39. The summed E-state index contributed by atoms with van der Waals surface area (Å²) in [7, 11) is 0. The number of ketones is 1. The van der Waals surface area contributed by atoms with Gasteiger partial charge in [-0.2, -0.15) is 0 Å². The summed E-state index contributed by atoms with van der Waals surface area (Å²) >= 11 is 0. The number of epoxide rings is 1. The molecule has 5 heteroatoms. The topological polar surface area (TPSA) is 87.1 Å². The molecule has 2 atom stereocenters. The van der Waals surface area contributed by atoms with E-state index in [1.54, 1.807) is 19.1 Å². The number of allylic oxidation sites excluding steroid dienone is 2. The molecule has 0 amide bonds. The largest absolute Gasteiger partial charge is 0.478 e. The summed E-state index contributed by atoms with van der Waals surface area (Å²) in [5.74, 6) is -0.946. The smallest absolute Gasteiger partial charge is 0.328 e. The maximum Gasteiger partial charge on any atom is 0.328 e. The van der Waals surface area contributed by atoms with Crippen LogP contribution < -0.4 is 0 Å². The molecule has 1 spiro atoms. The summed E-state index contributed by atoms with van der Waals surface area (Å²) in [5.41, 5.74) is -2.25. The third-order valence-electron chi connectivity index (χ3n) is 4.28. The second-order valence-electron chi connectivity index (χ2n) is 6.39. The van der Waals surface area contributed by atoms with E-state index in [1.165, 1.54) is 0 Å². The van der Waals surface area contributed by atoms with Crippen molar-refractivity contribution in [2.75, 3.05) is 6.61 Å². The molecule has 2 rings (SSSR count). The van der Waals surface area contributed by atoms with Gasteiger partial charge >= 0.3 is 5.97 Å². The molecule has 5 nitrogen and oxygen atoms in total. The molecule has 2 fully saturated rings. The summed E-state index contributed by atoms with van der Waals surface area (Å²) < 4.78 is 5.41. The number of rotatable bonds is 3. The number of ether oxygens (including phenoxy) is 1. The monoisotopic (exact) mass is 280 g/mol. The van der Waals surface area contributed by atoms with Gasteiger partial charge in [0.15, 0.2) is 0 Å². The Bertz CT molecular complexity index is 498. The van der Waals surface area contributed by atoms with Crippen LogP contribution in [-0.4, -0.2) is 39.8 Å². The molecule has 1 heterocycles. The van der Waals surface area contributed by atoms with Gasteiger partial charge in [-0.3, -0.25) is 4.79 Å². The maximum atomic E-state index is 11.8. The first-order valence-corrected chi connectivity index (χ1v) is 6.60. The number of Topliss-reactive ketones (excluding diaryl/α,β-unsaturated/α-hetero) is 1. The van der Waals surface area contributed by atoms with Gasteiger partial charge in [0.25, 0.3) is 0 Å². The number of carboxylic acid groups (broad SMARTS) is 1. The molecule has 0 aromatic rings. The van der Waals surface area contributed by atoms with Crippen molar-refractivity contribution in [3.63, 3.8) is 0 Å². The number of carboxylic acids is 1. The molecule has 0 bridgehead atoms. The molecule has 0 unspecified atom stereocenters. The van der Waals surface area contributed by atoms with Gasteiger partial charge in [-0.1, -0.05) is 19.9 Å². The summed E-state index contributed by atoms with van der Waals surface area (Å²) in [6.07, 6.45) is 4.72. The van der Waals surface area contributed by atoms with E-state index in [-0.39, 0.29) is 18.6 Å². The van der Waals surface area contributed by atoms with Crippen molar-refractivity contribution in [3.8, 4) is 0 Å². The molecule has 0 aromatic heterocycles. The highest BCUT2D eigenvalue weighted by atomic mass is 16.6. The van der Waals surface area contributed by atoms with Crippen LogP contribution in [0.15, 0.2) is 23.8 Å². The average molecular weight is 280 g/mol. The SMILES string of the molecule is CC(=C/C(=O)O)/C=C/[C@@]1(O)C(C)(C)CC(=O)C[C@@]12CO2. The van der Waals surface area contributed by atoms with Crippen LogP contribution in [0.25, 0.3) is 0 Å². The minimum Gasteiger partial charge on any atom is -0.478 e. The fourth-order valence-corrected chi connectivity index (χ4v) is 3.04. The van der Waals surface area contributed by atoms with Crippen molar-refractivity contribution in [2.24, 2.45) is 5.41 Å². The number of aliphatic carboxylic acids is 1. The molecule has 110 valence electrons. The van der Waals surface area contributed by atoms with E-state index < -0.39 is 22.6 Å². The lowest BCUT2D eigenvalue weighted by molar-refractivity contribution is -0.148.